The lowest BCUT2D eigenvalue weighted by Gasteiger charge is -2.35. The Labute approximate surface area is 221 Å². The number of halogens is 1. The van der Waals surface area contributed by atoms with E-state index in [1.54, 1.807) is 12.4 Å². The van der Waals surface area contributed by atoms with Crippen LogP contribution in [-0.4, -0.2) is 61.5 Å². The number of benzene rings is 1. The lowest BCUT2D eigenvalue weighted by atomic mass is 10.1. The van der Waals surface area contributed by atoms with E-state index < -0.39 is 0 Å². The molecule has 0 unspecified atom stereocenters. The van der Waals surface area contributed by atoms with E-state index in [2.05, 4.69) is 48.6 Å². The number of nitrogens with one attached hydrogen (secondary N) is 1. The molecule has 0 spiro atoms. The maximum atomic E-state index is 13.1. The molecule has 0 atom stereocenters. The highest BCUT2D eigenvalue weighted by molar-refractivity contribution is 6.30. The fraction of sp³-hybridized carbons (Fsp3) is 0.296. The molecule has 0 aliphatic carbocycles. The smallest absolute Gasteiger partial charge is 0.253 e. The monoisotopic (exact) mass is 516 g/mol. The van der Waals surface area contributed by atoms with Crippen molar-refractivity contribution in [2.75, 3.05) is 36.4 Å². The van der Waals surface area contributed by atoms with Gasteiger partial charge in [-0.1, -0.05) is 11.6 Å². The summed E-state index contributed by atoms with van der Waals surface area (Å²) in [4.78, 5) is 35.0. The molecule has 1 fully saturated rings. The molecule has 4 aromatic rings. The van der Waals surface area contributed by atoms with Gasteiger partial charge in [0.05, 0.1) is 22.6 Å². The van der Waals surface area contributed by atoms with Crippen molar-refractivity contribution in [2.45, 2.75) is 26.8 Å². The quantitative estimate of drug-likeness (QED) is 0.386. The highest BCUT2D eigenvalue weighted by atomic mass is 35.5. The zero-order chi connectivity index (χ0) is 25.9. The van der Waals surface area contributed by atoms with Crippen molar-refractivity contribution >= 4 is 35.0 Å². The first kappa shape index (κ1) is 24.7. The summed E-state index contributed by atoms with van der Waals surface area (Å²) in [7, 11) is 0. The van der Waals surface area contributed by atoms with Crippen LogP contribution >= 0.6 is 11.6 Å². The number of anilines is 3. The molecule has 1 N–H and O–H groups in total. The molecule has 37 heavy (non-hydrogen) atoms. The minimum atomic E-state index is 0.0193. The summed E-state index contributed by atoms with van der Waals surface area (Å²) in [6.45, 7) is 8.96. The third-order valence-corrected chi connectivity index (χ3v) is 6.63. The molecule has 9 nitrogen and oxygen atoms in total. The van der Waals surface area contributed by atoms with Gasteiger partial charge in [-0.05, 0) is 63.2 Å². The number of aromatic nitrogens is 5. The number of pyridine rings is 1. The number of amides is 1. The van der Waals surface area contributed by atoms with Crippen LogP contribution in [0.1, 0.15) is 36.1 Å². The molecule has 190 valence electrons. The van der Waals surface area contributed by atoms with Gasteiger partial charge in [0.25, 0.3) is 5.91 Å². The molecular formula is C27H29ClN8O. The van der Waals surface area contributed by atoms with Crippen LogP contribution in [0.3, 0.4) is 0 Å². The van der Waals surface area contributed by atoms with E-state index in [1.807, 2.05) is 60.5 Å². The molecule has 1 saturated heterocycles. The Hall–Kier alpha value is -3.98. The molecule has 5 rings (SSSR count). The Balaban J connectivity index is 1.22. The normalized spacial score (nSPS) is 13.8. The van der Waals surface area contributed by atoms with Gasteiger partial charge in [0, 0.05) is 55.9 Å². The van der Waals surface area contributed by atoms with Gasteiger partial charge in [0.1, 0.15) is 11.6 Å². The van der Waals surface area contributed by atoms with E-state index in [-0.39, 0.29) is 11.9 Å². The Morgan fingerprint density at radius 3 is 2.38 bits per heavy atom. The summed E-state index contributed by atoms with van der Waals surface area (Å²) < 4.78 is 2.15. The fourth-order valence-corrected chi connectivity index (χ4v) is 4.67. The minimum absolute atomic E-state index is 0.0193. The summed E-state index contributed by atoms with van der Waals surface area (Å²) >= 11 is 5.94. The number of carbonyl (C=O) groups excluding carboxylic acids is 1. The van der Waals surface area contributed by atoms with E-state index >= 15 is 0 Å². The van der Waals surface area contributed by atoms with E-state index in [0.717, 1.165) is 41.8 Å². The second kappa shape index (κ2) is 10.6. The number of nitrogens with zero attached hydrogens (tertiary/aromatic N) is 7. The number of rotatable bonds is 6. The molecule has 4 heterocycles. The maximum absolute atomic E-state index is 13.1. The number of piperazine rings is 1. The summed E-state index contributed by atoms with van der Waals surface area (Å²) in [6, 6.07) is 13.3. The van der Waals surface area contributed by atoms with Crippen molar-refractivity contribution in [1.29, 1.82) is 0 Å². The van der Waals surface area contributed by atoms with Gasteiger partial charge < -0.3 is 19.7 Å². The Morgan fingerprint density at radius 2 is 1.70 bits per heavy atom. The number of hydrogen-bond donors (Lipinski definition) is 1. The molecule has 1 aliphatic rings. The van der Waals surface area contributed by atoms with Gasteiger partial charge in [-0.2, -0.15) is 0 Å². The Morgan fingerprint density at radius 1 is 0.946 bits per heavy atom. The van der Waals surface area contributed by atoms with Crippen molar-refractivity contribution < 1.29 is 4.79 Å². The third-order valence-electron chi connectivity index (χ3n) is 6.41. The predicted octanol–water partition coefficient (Wildman–Crippen LogP) is 4.98. The molecule has 1 aliphatic heterocycles. The van der Waals surface area contributed by atoms with Crippen LogP contribution in [0, 0.1) is 6.92 Å². The van der Waals surface area contributed by atoms with Gasteiger partial charge in [0.2, 0.25) is 5.95 Å². The van der Waals surface area contributed by atoms with Gasteiger partial charge in [0.15, 0.2) is 0 Å². The van der Waals surface area contributed by atoms with Crippen molar-refractivity contribution in [2.24, 2.45) is 0 Å². The van der Waals surface area contributed by atoms with Crippen LogP contribution < -0.4 is 10.2 Å². The first-order chi connectivity index (χ1) is 17.9. The summed E-state index contributed by atoms with van der Waals surface area (Å²) in [6.07, 6.45) is 5.22. The zero-order valence-corrected chi connectivity index (χ0v) is 21.9. The zero-order valence-electron chi connectivity index (χ0n) is 21.1. The van der Waals surface area contributed by atoms with Gasteiger partial charge in [-0.15, -0.1) is 0 Å². The topological polar surface area (TPSA) is 92.1 Å². The molecular weight excluding hydrogens is 488 g/mol. The molecule has 1 amide bonds. The summed E-state index contributed by atoms with van der Waals surface area (Å²) in [5.41, 5.74) is 3.20. The summed E-state index contributed by atoms with van der Waals surface area (Å²) in [5, 5.41) is 3.86. The Bertz CT molecular complexity index is 1380. The van der Waals surface area contributed by atoms with E-state index in [1.165, 1.54) is 0 Å². The van der Waals surface area contributed by atoms with E-state index in [0.29, 0.717) is 29.6 Å². The van der Waals surface area contributed by atoms with Gasteiger partial charge in [-0.25, -0.2) is 19.9 Å². The van der Waals surface area contributed by atoms with Crippen LogP contribution in [0.5, 0.6) is 0 Å². The van der Waals surface area contributed by atoms with E-state index in [9.17, 15) is 4.79 Å². The van der Waals surface area contributed by atoms with Crippen LogP contribution in [0.25, 0.3) is 11.4 Å². The SMILES string of the molecule is Cc1ncc(-c2ccnc(Nc3ccc(C(=O)N4CCN(c5ccc(Cl)cn5)CC4)cc3)n2)n1C(C)C. The largest absolute Gasteiger partial charge is 0.353 e. The lowest BCUT2D eigenvalue weighted by molar-refractivity contribution is 0.0746. The van der Waals surface area contributed by atoms with Crippen molar-refractivity contribution in [3.05, 3.63) is 77.5 Å². The highest BCUT2D eigenvalue weighted by Gasteiger charge is 2.23. The number of imidazole rings is 1. The van der Waals surface area contributed by atoms with Crippen molar-refractivity contribution in [3.63, 3.8) is 0 Å². The molecule has 0 saturated carbocycles. The third kappa shape index (κ3) is 5.41. The number of carbonyl (C=O) groups is 1. The minimum Gasteiger partial charge on any atom is -0.353 e. The lowest BCUT2D eigenvalue weighted by Crippen LogP contribution is -2.49. The van der Waals surface area contributed by atoms with Crippen molar-refractivity contribution in [3.8, 4) is 11.4 Å². The van der Waals surface area contributed by atoms with E-state index in [4.69, 9.17) is 11.6 Å². The standard InChI is InChI=1S/C27H29ClN8O/c1-18(2)36-19(3)30-17-24(36)23-10-11-29-27(33-23)32-22-7-4-20(5-8-22)26(37)35-14-12-34(13-15-35)25-9-6-21(28)16-31-25/h4-11,16-18H,12-15H2,1-3H3,(H,29,32,33). The van der Waals surface area contributed by atoms with Crippen LogP contribution in [0.2, 0.25) is 5.02 Å². The predicted molar refractivity (Wildman–Crippen MR) is 145 cm³/mol. The molecule has 3 aromatic heterocycles. The fourth-order valence-electron chi connectivity index (χ4n) is 4.56. The Kier molecular flexibility index (Phi) is 7.05. The van der Waals surface area contributed by atoms with Gasteiger partial charge >= 0.3 is 0 Å². The molecule has 1 aromatic carbocycles. The van der Waals surface area contributed by atoms with Crippen LogP contribution in [0.4, 0.5) is 17.5 Å². The molecule has 0 radical (unpaired) electrons. The average molecular weight is 517 g/mol. The highest BCUT2D eigenvalue weighted by Crippen LogP contribution is 2.24. The second-order valence-corrected chi connectivity index (χ2v) is 9.67. The summed E-state index contributed by atoms with van der Waals surface area (Å²) in [5.74, 6) is 2.33. The first-order valence-electron chi connectivity index (χ1n) is 12.3. The maximum Gasteiger partial charge on any atom is 0.253 e. The average Bonchev–Trinajstić information content (AvgIpc) is 3.31. The van der Waals surface area contributed by atoms with Crippen LogP contribution in [-0.2, 0) is 0 Å². The van der Waals surface area contributed by atoms with Crippen molar-refractivity contribution in [1.82, 2.24) is 29.4 Å². The van der Waals surface area contributed by atoms with Crippen LogP contribution in [0.15, 0.2) is 61.1 Å². The number of aryl methyl sites for hydroxylation is 1. The first-order valence-corrected chi connectivity index (χ1v) is 12.7. The second-order valence-electron chi connectivity index (χ2n) is 9.24. The van der Waals surface area contributed by atoms with Gasteiger partial charge in [-0.3, -0.25) is 4.79 Å². The molecule has 0 bridgehead atoms. The number of hydrogen-bond acceptors (Lipinski definition) is 7. The molecule has 10 heteroatoms.